The summed E-state index contributed by atoms with van der Waals surface area (Å²) in [5, 5.41) is 2.63. The second-order valence-corrected chi connectivity index (χ2v) is 4.64. The molecule has 5 nitrogen and oxygen atoms in total. The highest BCUT2D eigenvalue weighted by Gasteiger charge is 2.26. The van der Waals surface area contributed by atoms with Crippen molar-refractivity contribution in [1.29, 1.82) is 0 Å². The Kier molecular flexibility index (Phi) is 4.16. The van der Waals surface area contributed by atoms with Crippen molar-refractivity contribution in [3.8, 4) is 0 Å². The molecule has 7 heteroatoms. The van der Waals surface area contributed by atoms with Crippen molar-refractivity contribution >= 4 is 12.0 Å². The quantitative estimate of drug-likeness (QED) is 0.854. The van der Waals surface area contributed by atoms with Gasteiger partial charge in [0.05, 0.1) is 12.5 Å². The summed E-state index contributed by atoms with van der Waals surface area (Å²) in [5.41, 5.74) is 0.472. The van der Waals surface area contributed by atoms with Gasteiger partial charge in [0, 0.05) is 13.6 Å². The first-order valence-corrected chi connectivity index (χ1v) is 6.07. The number of halogens is 2. The maximum atomic E-state index is 13.1. The Bertz CT molecular complexity index is 536. The maximum absolute atomic E-state index is 13.1. The van der Waals surface area contributed by atoms with Gasteiger partial charge in [0.25, 0.3) is 0 Å². The molecule has 1 aliphatic heterocycles. The lowest BCUT2D eigenvalue weighted by Crippen LogP contribution is -2.43. The topological polar surface area (TPSA) is 58.6 Å². The molecule has 20 heavy (non-hydrogen) atoms. The highest BCUT2D eigenvalue weighted by atomic mass is 19.2. The smallest absolute Gasteiger partial charge is 0.317 e. The molecule has 0 bridgehead atoms. The fourth-order valence-corrected chi connectivity index (χ4v) is 1.87. The van der Waals surface area contributed by atoms with Crippen LogP contribution < -0.4 is 5.32 Å². The van der Waals surface area contributed by atoms with Crippen LogP contribution in [-0.2, 0) is 16.1 Å². The summed E-state index contributed by atoms with van der Waals surface area (Å²) in [6.07, 6.45) is 0.144. The van der Waals surface area contributed by atoms with E-state index in [9.17, 15) is 18.4 Å². The van der Waals surface area contributed by atoms with Gasteiger partial charge in [-0.3, -0.25) is 4.79 Å². The van der Waals surface area contributed by atoms with Gasteiger partial charge >= 0.3 is 12.0 Å². The number of ether oxygens (including phenoxy) is 1. The number of rotatable bonds is 3. The summed E-state index contributed by atoms with van der Waals surface area (Å²) in [5.74, 6) is -2.23. The van der Waals surface area contributed by atoms with Crippen molar-refractivity contribution in [2.45, 2.75) is 19.0 Å². The van der Waals surface area contributed by atoms with Crippen molar-refractivity contribution in [3.05, 3.63) is 35.4 Å². The van der Waals surface area contributed by atoms with Gasteiger partial charge in [-0.25, -0.2) is 13.6 Å². The third kappa shape index (κ3) is 3.43. The predicted molar refractivity (Wildman–Crippen MR) is 65.7 cm³/mol. The summed E-state index contributed by atoms with van der Waals surface area (Å²) in [4.78, 5) is 24.1. The van der Waals surface area contributed by atoms with Crippen molar-refractivity contribution in [3.63, 3.8) is 0 Å². The van der Waals surface area contributed by atoms with E-state index in [2.05, 4.69) is 5.32 Å². The normalized spacial score (nSPS) is 17.8. The van der Waals surface area contributed by atoms with Crippen LogP contribution in [0.15, 0.2) is 18.2 Å². The second-order valence-electron chi connectivity index (χ2n) is 4.64. The van der Waals surface area contributed by atoms with Crippen molar-refractivity contribution in [2.24, 2.45) is 0 Å². The fourth-order valence-electron chi connectivity index (χ4n) is 1.87. The van der Waals surface area contributed by atoms with Gasteiger partial charge in [0.2, 0.25) is 0 Å². The molecule has 1 heterocycles. The Morgan fingerprint density at radius 3 is 2.80 bits per heavy atom. The summed E-state index contributed by atoms with van der Waals surface area (Å²) in [7, 11) is 1.52. The summed E-state index contributed by atoms with van der Waals surface area (Å²) >= 11 is 0. The van der Waals surface area contributed by atoms with Crippen molar-refractivity contribution in [2.75, 3.05) is 13.7 Å². The molecule has 1 aromatic rings. The van der Waals surface area contributed by atoms with E-state index in [1.54, 1.807) is 0 Å². The largest absolute Gasteiger partial charge is 0.463 e. The van der Waals surface area contributed by atoms with Crippen LogP contribution >= 0.6 is 0 Å². The number of amides is 2. The second kappa shape index (κ2) is 5.85. The van der Waals surface area contributed by atoms with Crippen LogP contribution in [0.5, 0.6) is 0 Å². The van der Waals surface area contributed by atoms with Crippen LogP contribution in [0.4, 0.5) is 13.6 Å². The number of carbonyl (C=O) groups is 2. The lowest BCUT2D eigenvalue weighted by Gasteiger charge is -2.20. The lowest BCUT2D eigenvalue weighted by molar-refractivity contribution is -0.137. The first-order chi connectivity index (χ1) is 9.45. The summed E-state index contributed by atoms with van der Waals surface area (Å²) in [6, 6.07) is 2.71. The SMILES string of the molecule is CN(Cc1ccc(F)c(F)c1)C(=O)N[C@@H]1COC(=O)C1. The van der Waals surface area contributed by atoms with Crippen molar-refractivity contribution < 1.29 is 23.1 Å². The Morgan fingerprint density at radius 2 is 2.20 bits per heavy atom. The van der Waals surface area contributed by atoms with E-state index in [1.807, 2.05) is 0 Å². The van der Waals surface area contributed by atoms with Gasteiger partial charge in [-0.1, -0.05) is 6.07 Å². The molecule has 0 aliphatic carbocycles. The van der Waals surface area contributed by atoms with Crippen LogP contribution in [0, 0.1) is 11.6 Å². The zero-order chi connectivity index (χ0) is 14.7. The number of hydrogen-bond donors (Lipinski definition) is 1. The molecule has 108 valence electrons. The molecule has 1 fully saturated rings. The average Bonchev–Trinajstić information content (AvgIpc) is 2.79. The highest BCUT2D eigenvalue weighted by molar-refractivity contribution is 5.77. The van der Waals surface area contributed by atoms with Gasteiger partial charge < -0.3 is 15.0 Å². The zero-order valence-electron chi connectivity index (χ0n) is 10.9. The minimum Gasteiger partial charge on any atom is -0.463 e. The first-order valence-electron chi connectivity index (χ1n) is 6.07. The molecule has 0 radical (unpaired) electrons. The number of urea groups is 1. The number of nitrogens with zero attached hydrogens (tertiary/aromatic N) is 1. The molecular formula is C13H14F2N2O3. The maximum Gasteiger partial charge on any atom is 0.317 e. The van der Waals surface area contributed by atoms with E-state index in [-0.39, 0.29) is 31.6 Å². The van der Waals surface area contributed by atoms with Gasteiger partial charge in [-0.05, 0) is 17.7 Å². The highest BCUT2D eigenvalue weighted by Crippen LogP contribution is 2.11. The van der Waals surface area contributed by atoms with Gasteiger partial charge in [0.15, 0.2) is 11.6 Å². The molecule has 2 rings (SSSR count). The third-order valence-corrected chi connectivity index (χ3v) is 2.94. The standard InChI is InChI=1S/C13H14F2N2O3/c1-17(6-8-2-3-10(14)11(15)4-8)13(19)16-9-5-12(18)20-7-9/h2-4,9H,5-7H2,1H3,(H,16,19)/t9-/m0/s1. The molecule has 0 aromatic heterocycles. The van der Waals surface area contributed by atoms with Crippen LogP contribution in [0.3, 0.4) is 0 Å². The number of hydrogen-bond acceptors (Lipinski definition) is 3. The molecule has 1 aromatic carbocycles. The van der Waals surface area contributed by atoms with Crippen LogP contribution in [0.25, 0.3) is 0 Å². The number of cyclic esters (lactones) is 1. The molecule has 2 amide bonds. The first kappa shape index (κ1) is 14.2. The third-order valence-electron chi connectivity index (χ3n) is 2.94. The minimum atomic E-state index is -0.953. The number of esters is 1. The molecule has 1 aliphatic rings. The Hall–Kier alpha value is -2.18. The van der Waals surface area contributed by atoms with Gasteiger partial charge in [-0.15, -0.1) is 0 Å². The van der Waals surface area contributed by atoms with E-state index >= 15 is 0 Å². The molecule has 0 saturated carbocycles. The van der Waals surface area contributed by atoms with Crippen LogP contribution in [0.2, 0.25) is 0 Å². The number of nitrogens with one attached hydrogen (secondary N) is 1. The van der Waals surface area contributed by atoms with E-state index in [1.165, 1.54) is 18.0 Å². The Balaban J connectivity index is 1.90. The molecule has 0 spiro atoms. The lowest BCUT2D eigenvalue weighted by atomic mass is 10.2. The van der Waals surface area contributed by atoms with Crippen molar-refractivity contribution in [1.82, 2.24) is 10.2 Å². The predicted octanol–water partition coefficient (Wildman–Crippen LogP) is 1.42. The minimum absolute atomic E-state index is 0.130. The summed E-state index contributed by atoms with van der Waals surface area (Å²) in [6.45, 7) is 0.286. The van der Waals surface area contributed by atoms with E-state index in [0.29, 0.717) is 5.56 Å². The number of benzene rings is 1. The van der Waals surface area contributed by atoms with E-state index < -0.39 is 17.7 Å². The van der Waals surface area contributed by atoms with E-state index in [4.69, 9.17) is 4.74 Å². The fraction of sp³-hybridized carbons (Fsp3) is 0.385. The number of carbonyl (C=O) groups excluding carboxylic acids is 2. The molecule has 1 N–H and O–H groups in total. The monoisotopic (exact) mass is 284 g/mol. The van der Waals surface area contributed by atoms with Gasteiger partial charge in [0.1, 0.15) is 6.61 Å². The molecule has 0 unspecified atom stereocenters. The average molecular weight is 284 g/mol. The van der Waals surface area contributed by atoms with Crippen LogP contribution in [-0.4, -0.2) is 36.6 Å². The van der Waals surface area contributed by atoms with Gasteiger partial charge in [-0.2, -0.15) is 0 Å². The van der Waals surface area contributed by atoms with E-state index in [0.717, 1.165) is 12.1 Å². The molecule has 1 saturated heterocycles. The molecular weight excluding hydrogens is 270 g/mol. The zero-order valence-corrected chi connectivity index (χ0v) is 10.9. The molecule has 1 atom stereocenters. The van der Waals surface area contributed by atoms with Crippen LogP contribution in [0.1, 0.15) is 12.0 Å². The Labute approximate surface area is 114 Å². The summed E-state index contributed by atoms with van der Waals surface area (Å²) < 4.78 is 30.6. The Morgan fingerprint density at radius 1 is 1.45 bits per heavy atom.